The summed E-state index contributed by atoms with van der Waals surface area (Å²) in [4.78, 5) is 11.1. The lowest BCUT2D eigenvalue weighted by Gasteiger charge is -2.11. The van der Waals surface area contributed by atoms with E-state index >= 15 is 0 Å². The maximum Gasteiger partial charge on any atom is 0.248 e. The summed E-state index contributed by atoms with van der Waals surface area (Å²) in [6.45, 7) is 3.27. The van der Waals surface area contributed by atoms with Gasteiger partial charge in [0.2, 0.25) is 5.91 Å². The van der Waals surface area contributed by atoms with Crippen LogP contribution in [0.4, 0.5) is 5.69 Å². The highest BCUT2D eigenvalue weighted by atomic mass is 16.5. The number of ether oxygens (including phenoxy) is 1. The van der Waals surface area contributed by atoms with Crippen LogP contribution in [0, 0.1) is 6.92 Å². The number of hydrogen-bond donors (Lipinski definition) is 2. The van der Waals surface area contributed by atoms with Crippen molar-refractivity contribution in [3.63, 3.8) is 0 Å². The highest BCUT2D eigenvalue weighted by molar-refractivity contribution is 5.93. The van der Waals surface area contributed by atoms with Crippen molar-refractivity contribution in [2.45, 2.75) is 20.1 Å². The Kier molecular flexibility index (Phi) is 4.95. The molecule has 0 aliphatic heterocycles. The first-order chi connectivity index (χ1) is 10.1. The smallest absolute Gasteiger partial charge is 0.248 e. The van der Waals surface area contributed by atoms with Gasteiger partial charge in [-0.1, -0.05) is 18.2 Å². The third-order valence-corrected chi connectivity index (χ3v) is 3.35. The SMILES string of the molecule is COCc1cccc(NCc2ccc(C(N)=O)cc2C)c1. The first-order valence-electron chi connectivity index (χ1n) is 6.81. The zero-order valence-electron chi connectivity index (χ0n) is 12.3. The average Bonchev–Trinajstić information content (AvgIpc) is 2.46. The van der Waals surface area contributed by atoms with Crippen LogP contribution in [-0.2, 0) is 17.9 Å². The number of benzene rings is 2. The molecule has 110 valence electrons. The fourth-order valence-electron chi connectivity index (χ4n) is 2.18. The number of primary amides is 1. The molecule has 0 bridgehead atoms. The fourth-order valence-corrected chi connectivity index (χ4v) is 2.18. The lowest BCUT2D eigenvalue weighted by atomic mass is 10.0. The van der Waals surface area contributed by atoms with Crippen LogP contribution >= 0.6 is 0 Å². The molecule has 1 amide bonds. The normalized spacial score (nSPS) is 10.4. The Hall–Kier alpha value is -2.33. The summed E-state index contributed by atoms with van der Waals surface area (Å²) in [6.07, 6.45) is 0. The van der Waals surface area contributed by atoms with Crippen molar-refractivity contribution in [1.82, 2.24) is 0 Å². The molecule has 0 aliphatic rings. The summed E-state index contributed by atoms with van der Waals surface area (Å²) in [5.74, 6) is -0.398. The van der Waals surface area contributed by atoms with Crippen LogP contribution in [0.15, 0.2) is 42.5 Å². The molecule has 21 heavy (non-hydrogen) atoms. The Morgan fingerprint density at radius 3 is 2.71 bits per heavy atom. The summed E-state index contributed by atoms with van der Waals surface area (Å²) in [6, 6.07) is 13.6. The van der Waals surface area contributed by atoms with Crippen LogP contribution in [0.2, 0.25) is 0 Å². The van der Waals surface area contributed by atoms with E-state index < -0.39 is 5.91 Å². The van der Waals surface area contributed by atoms with Crippen LogP contribution < -0.4 is 11.1 Å². The molecule has 3 N–H and O–H groups in total. The number of rotatable bonds is 6. The molecule has 0 heterocycles. The Morgan fingerprint density at radius 2 is 2.05 bits per heavy atom. The van der Waals surface area contributed by atoms with Crippen molar-refractivity contribution in [3.8, 4) is 0 Å². The second-order valence-electron chi connectivity index (χ2n) is 4.99. The van der Waals surface area contributed by atoms with Crippen molar-refractivity contribution in [3.05, 3.63) is 64.7 Å². The number of anilines is 1. The maximum atomic E-state index is 11.1. The van der Waals surface area contributed by atoms with E-state index in [-0.39, 0.29) is 0 Å². The van der Waals surface area contributed by atoms with Crippen molar-refractivity contribution < 1.29 is 9.53 Å². The summed E-state index contributed by atoms with van der Waals surface area (Å²) in [7, 11) is 1.68. The molecule has 0 aliphatic carbocycles. The highest BCUT2D eigenvalue weighted by Gasteiger charge is 2.04. The molecular weight excluding hydrogens is 264 g/mol. The third kappa shape index (κ3) is 4.07. The van der Waals surface area contributed by atoms with Crippen LogP contribution in [0.5, 0.6) is 0 Å². The zero-order chi connectivity index (χ0) is 15.2. The van der Waals surface area contributed by atoms with Crippen LogP contribution in [0.25, 0.3) is 0 Å². The zero-order valence-corrected chi connectivity index (χ0v) is 12.3. The number of aryl methyl sites for hydroxylation is 1. The van der Waals surface area contributed by atoms with Gasteiger partial charge in [0.15, 0.2) is 0 Å². The van der Waals surface area contributed by atoms with E-state index in [2.05, 4.69) is 11.4 Å². The molecule has 0 radical (unpaired) electrons. The molecule has 0 saturated heterocycles. The minimum atomic E-state index is -0.398. The van der Waals surface area contributed by atoms with Gasteiger partial charge >= 0.3 is 0 Å². The predicted octanol–water partition coefficient (Wildman–Crippen LogP) is 2.85. The maximum absolute atomic E-state index is 11.1. The molecule has 0 fully saturated rings. The standard InChI is InChI=1S/C17H20N2O2/c1-12-8-14(17(18)20)6-7-15(12)10-19-16-5-3-4-13(9-16)11-21-2/h3-9,19H,10-11H2,1-2H3,(H2,18,20). The number of amides is 1. The molecule has 4 heteroatoms. The van der Waals surface area contributed by atoms with Gasteiger partial charge in [0.25, 0.3) is 0 Å². The van der Waals surface area contributed by atoms with E-state index in [4.69, 9.17) is 10.5 Å². The summed E-state index contributed by atoms with van der Waals surface area (Å²) < 4.78 is 5.13. The van der Waals surface area contributed by atoms with Gasteiger partial charge in [-0.05, 0) is 47.9 Å². The number of nitrogens with one attached hydrogen (secondary N) is 1. The first-order valence-corrected chi connectivity index (χ1v) is 6.81. The van der Waals surface area contributed by atoms with E-state index in [9.17, 15) is 4.79 Å². The van der Waals surface area contributed by atoms with Crippen molar-refractivity contribution in [2.75, 3.05) is 12.4 Å². The molecule has 0 atom stereocenters. The quantitative estimate of drug-likeness (QED) is 0.857. The minimum absolute atomic E-state index is 0.398. The molecule has 0 aromatic heterocycles. The molecule has 0 saturated carbocycles. The Bertz CT molecular complexity index is 638. The highest BCUT2D eigenvalue weighted by Crippen LogP contribution is 2.15. The second-order valence-corrected chi connectivity index (χ2v) is 4.99. The van der Waals surface area contributed by atoms with Crippen LogP contribution in [0.3, 0.4) is 0 Å². The van der Waals surface area contributed by atoms with Gasteiger partial charge in [0, 0.05) is 24.9 Å². The molecule has 2 aromatic rings. The molecule has 4 nitrogen and oxygen atoms in total. The molecule has 0 unspecified atom stereocenters. The van der Waals surface area contributed by atoms with E-state index in [1.54, 1.807) is 13.2 Å². The summed E-state index contributed by atoms with van der Waals surface area (Å²) in [5, 5.41) is 3.38. The van der Waals surface area contributed by atoms with Gasteiger partial charge < -0.3 is 15.8 Å². The van der Waals surface area contributed by atoms with E-state index in [0.717, 1.165) is 22.4 Å². The average molecular weight is 284 g/mol. The molecular formula is C17H20N2O2. The minimum Gasteiger partial charge on any atom is -0.381 e. The number of carbonyl (C=O) groups is 1. The molecule has 2 rings (SSSR count). The van der Waals surface area contributed by atoms with E-state index in [1.165, 1.54) is 0 Å². The van der Waals surface area contributed by atoms with Crippen molar-refractivity contribution in [1.29, 1.82) is 0 Å². The third-order valence-electron chi connectivity index (χ3n) is 3.35. The van der Waals surface area contributed by atoms with Gasteiger partial charge in [-0.2, -0.15) is 0 Å². The Morgan fingerprint density at radius 1 is 1.24 bits per heavy atom. The van der Waals surface area contributed by atoms with Gasteiger partial charge in [0.05, 0.1) is 6.61 Å². The Balaban J connectivity index is 2.06. The lowest BCUT2D eigenvalue weighted by Crippen LogP contribution is -2.11. The van der Waals surface area contributed by atoms with Crippen LogP contribution in [-0.4, -0.2) is 13.0 Å². The second kappa shape index (κ2) is 6.90. The first kappa shape index (κ1) is 15.1. The molecule has 0 spiro atoms. The number of carbonyl (C=O) groups excluding carboxylic acids is 1. The van der Waals surface area contributed by atoms with E-state index in [0.29, 0.717) is 18.7 Å². The summed E-state index contributed by atoms with van der Waals surface area (Å²) >= 11 is 0. The lowest BCUT2D eigenvalue weighted by molar-refractivity contribution is 0.1000. The van der Waals surface area contributed by atoms with E-state index in [1.807, 2.05) is 37.3 Å². The van der Waals surface area contributed by atoms with Gasteiger partial charge in [-0.3, -0.25) is 4.79 Å². The van der Waals surface area contributed by atoms with Crippen molar-refractivity contribution >= 4 is 11.6 Å². The Labute approximate surface area is 124 Å². The number of nitrogens with two attached hydrogens (primary N) is 1. The number of hydrogen-bond acceptors (Lipinski definition) is 3. The summed E-state index contributed by atoms with van der Waals surface area (Å²) in [5.41, 5.74) is 10.2. The largest absolute Gasteiger partial charge is 0.381 e. The number of methoxy groups -OCH3 is 1. The van der Waals surface area contributed by atoms with Crippen LogP contribution in [0.1, 0.15) is 27.0 Å². The van der Waals surface area contributed by atoms with Gasteiger partial charge in [0.1, 0.15) is 0 Å². The fraction of sp³-hybridized carbons (Fsp3) is 0.235. The van der Waals surface area contributed by atoms with Gasteiger partial charge in [-0.25, -0.2) is 0 Å². The predicted molar refractivity (Wildman–Crippen MR) is 84.2 cm³/mol. The monoisotopic (exact) mass is 284 g/mol. The van der Waals surface area contributed by atoms with Gasteiger partial charge in [-0.15, -0.1) is 0 Å². The van der Waals surface area contributed by atoms with Crippen molar-refractivity contribution in [2.24, 2.45) is 5.73 Å². The topological polar surface area (TPSA) is 64.3 Å². The molecule has 2 aromatic carbocycles.